The summed E-state index contributed by atoms with van der Waals surface area (Å²) in [6, 6.07) is 10.2. The average Bonchev–Trinajstić information content (AvgIpc) is 3.05. The summed E-state index contributed by atoms with van der Waals surface area (Å²) < 4.78 is 16.5. The molecule has 0 radical (unpaired) electrons. The molecule has 2 aromatic rings. The molecule has 1 fully saturated rings. The number of ketones is 1. The van der Waals surface area contributed by atoms with Gasteiger partial charge >= 0.3 is 0 Å². The predicted molar refractivity (Wildman–Crippen MR) is 126 cm³/mol. The van der Waals surface area contributed by atoms with Crippen molar-refractivity contribution in [2.45, 2.75) is 33.2 Å². The predicted octanol–water partition coefficient (Wildman–Crippen LogP) is 4.17. The molecule has 176 valence electrons. The van der Waals surface area contributed by atoms with Crippen LogP contribution in [0.2, 0.25) is 0 Å². The maximum Gasteiger partial charge on any atom is 0.295 e. The second kappa shape index (κ2) is 10.5. The first kappa shape index (κ1) is 24.3. The third-order valence-corrected chi connectivity index (χ3v) is 5.60. The fourth-order valence-electron chi connectivity index (χ4n) is 4.19. The minimum Gasteiger partial charge on any atom is -0.507 e. The molecule has 1 amide bonds. The van der Waals surface area contributed by atoms with Crippen molar-refractivity contribution in [3.05, 3.63) is 64.2 Å². The molecule has 1 heterocycles. The number of nitrogens with zero attached hydrogens (tertiary/aromatic N) is 1. The van der Waals surface area contributed by atoms with E-state index in [1.54, 1.807) is 12.1 Å². The summed E-state index contributed by atoms with van der Waals surface area (Å²) >= 11 is 0. The molecule has 1 unspecified atom stereocenters. The van der Waals surface area contributed by atoms with Crippen LogP contribution in [-0.2, 0) is 14.3 Å². The van der Waals surface area contributed by atoms with Gasteiger partial charge in [-0.2, -0.15) is 0 Å². The van der Waals surface area contributed by atoms with Crippen LogP contribution in [-0.4, -0.2) is 55.7 Å². The van der Waals surface area contributed by atoms with E-state index in [-0.39, 0.29) is 24.5 Å². The highest BCUT2D eigenvalue weighted by molar-refractivity contribution is 6.46. The summed E-state index contributed by atoms with van der Waals surface area (Å²) in [5, 5.41) is 11.4. The molecule has 33 heavy (non-hydrogen) atoms. The zero-order chi connectivity index (χ0) is 24.1. The lowest BCUT2D eigenvalue weighted by Crippen LogP contribution is -2.32. The van der Waals surface area contributed by atoms with Crippen LogP contribution in [0.4, 0.5) is 0 Å². The Morgan fingerprint density at radius 1 is 1.09 bits per heavy atom. The summed E-state index contributed by atoms with van der Waals surface area (Å²) in [7, 11) is 3.04. The topological polar surface area (TPSA) is 85.3 Å². The first-order valence-corrected chi connectivity index (χ1v) is 11.0. The van der Waals surface area contributed by atoms with E-state index >= 15 is 0 Å². The summed E-state index contributed by atoms with van der Waals surface area (Å²) in [4.78, 5) is 27.6. The smallest absolute Gasteiger partial charge is 0.295 e. The minimum atomic E-state index is -0.782. The van der Waals surface area contributed by atoms with Gasteiger partial charge in [-0.25, -0.2) is 0 Å². The molecule has 0 aromatic heterocycles. The Kier molecular flexibility index (Phi) is 7.76. The van der Waals surface area contributed by atoms with E-state index in [2.05, 4.69) is 0 Å². The van der Waals surface area contributed by atoms with Crippen molar-refractivity contribution in [2.24, 2.45) is 0 Å². The fraction of sp³-hybridized carbons (Fsp3) is 0.385. The number of carbonyl (C=O) groups excluding carboxylic acids is 2. The van der Waals surface area contributed by atoms with Gasteiger partial charge in [0.15, 0.2) is 0 Å². The van der Waals surface area contributed by atoms with Gasteiger partial charge in [-0.15, -0.1) is 0 Å². The van der Waals surface area contributed by atoms with Gasteiger partial charge in [0.1, 0.15) is 17.3 Å². The molecule has 1 aliphatic heterocycles. The molecule has 1 atom stereocenters. The number of carbonyl (C=O) groups is 2. The molecule has 1 N–H and O–H groups in total. The van der Waals surface area contributed by atoms with Crippen LogP contribution < -0.4 is 9.47 Å². The monoisotopic (exact) mass is 453 g/mol. The highest BCUT2D eigenvalue weighted by Crippen LogP contribution is 2.42. The number of methoxy groups -OCH3 is 2. The van der Waals surface area contributed by atoms with Gasteiger partial charge < -0.3 is 24.2 Å². The van der Waals surface area contributed by atoms with Crippen molar-refractivity contribution in [2.75, 3.05) is 34.0 Å². The van der Waals surface area contributed by atoms with Crippen molar-refractivity contribution in [1.29, 1.82) is 0 Å². The van der Waals surface area contributed by atoms with Gasteiger partial charge in [-0.05, 0) is 55.2 Å². The Labute approximate surface area is 194 Å². The van der Waals surface area contributed by atoms with E-state index in [1.807, 2.05) is 45.0 Å². The van der Waals surface area contributed by atoms with Crippen molar-refractivity contribution in [1.82, 2.24) is 4.90 Å². The number of hydrogen-bond donors (Lipinski definition) is 1. The van der Waals surface area contributed by atoms with E-state index < -0.39 is 17.7 Å². The molecule has 0 spiro atoms. The third kappa shape index (κ3) is 4.88. The van der Waals surface area contributed by atoms with Crippen LogP contribution >= 0.6 is 0 Å². The fourth-order valence-corrected chi connectivity index (χ4v) is 4.19. The maximum absolute atomic E-state index is 13.2. The maximum atomic E-state index is 13.2. The molecular formula is C26H31NO6. The lowest BCUT2D eigenvalue weighted by molar-refractivity contribution is -0.140. The average molecular weight is 454 g/mol. The highest BCUT2D eigenvalue weighted by Gasteiger charge is 2.46. The minimum absolute atomic E-state index is 0.0204. The van der Waals surface area contributed by atoms with Gasteiger partial charge in [0.2, 0.25) is 0 Å². The Morgan fingerprint density at radius 3 is 2.52 bits per heavy atom. The summed E-state index contributed by atoms with van der Waals surface area (Å²) in [6.07, 6.45) is 0.850. The quantitative estimate of drug-likeness (QED) is 0.349. The number of amides is 1. The second-order valence-electron chi connectivity index (χ2n) is 8.07. The van der Waals surface area contributed by atoms with Crippen LogP contribution in [0.3, 0.4) is 0 Å². The highest BCUT2D eigenvalue weighted by atomic mass is 16.5. The summed E-state index contributed by atoms with van der Waals surface area (Å²) in [5.74, 6) is -0.589. The zero-order valence-electron chi connectivity index (χ0n) is 19.8. The number of aryl methyl sites for hydroxylation is 2. The molecule has 0 bridgehead atoms. The molecule has 0 aliphatic carbocycles. The van der Waals surface area contributed by atoms with Crippen LogP contribution in [0.1, 0.15) is 41.6 Å². The second-order valence-corrected chi connectivity index (χ2v) is 8.07. The van der Waals surface area contributed by atoms with Gasteiger partial charge in [0, 0.05) is 13.7 Å². The normalized spacial score (nSPS) is 17.5. The molecule has 0 saturated carbocycles. The molecule has 7 nitrogen and oxygen atoms in total. The van der Waals surface area contributed by atoms with E-state index in [0.717, 1.165) is 17.5 Å². The Hall–Kier alpha value is -3.32. The van der Waals surface area contributed by atoms with Gasteiger partial charge in [-0.3, -0.25) is 9.59 Å². The van der Waals surface area contributed by atoms with Crippen LogP contribution in [0.15, 0.2) is 42.0 Å². The number of Topliss-reactive ketones (excluding diaryl/α,β-unsaturated/α-hetero) is 1. The van der Waals surface area contributed by atoms with E-state index in [9.17, 15) is 14.7 Å². The molecular weight excluding hydrogens is 422 g/mol. The van der Waals surface area contributed by atoms with Crippen LogP contribution in [0, 0.1) is 13.8 Å². The Morgan fingerprint density at radius 2 is 1.85 bits per heavy atom. The first-order valence-electron chi connectivity index (χ1n) is 11.0. The summed E-state index contributed by atoms with van der Waals surface area (Å²) in [5.41, 5.74) is 2.79. The molecule has 3 rings (SSSR count). The van der Waals surface area contributed by atoms with Crippen LogP contribution in [0.5, 0.6) is 11.5 Å². The van der Waals surface area contributed by atoms with Gasteiger partial charge in [-0.1, -0.05) is 25.1 Å². The number of aliphatic hydroxyl groups excluding tert-OH is 1. The molecule has 2 aromatic carbocycles. The molecule has 1 aliphatic rings. The lowest BCUT2D eigenvalue weighted by Gasteiger charge is -2.25. The van der Waals surface area contributed by atoms with E-state index in [0.29, 0.717) is 29.2 Å². The Bertz CT molecular complexity index is 1070. The molecule has 1 saturated heterocycles. The van der Waals surface area contributed by atoms with Gasteiger partial charge in [0.25, 0.3) is 11.7 Å². The number of likely N-dealkylation sites (tertiary alicyclic amines) is 1. The SMILES string of the molecule is CCCOc1cccc(C2/C(=C(\O)c3cc(C)cc(C)c3OC)C(=O)C(=O)N2CCOC)c1. The van der Waals surface area contributed by atoms with Crippen LogP contribution in [0.25, 0.3) is 5.76 Å². The zero-order valence-corrected chi connectivity index (χ0v) is 19.8. The van der Waals surface area contributed by atoms with Crippen molar-refractivity contribution in [3.8, 4) is 11.5 Å². The van der Waals surface area contributed by atoms with Crippen molar-refractivity contribution in [3.63, 3.8) is 0 Å². The van der Waals surface area contributed by atoms with Crippen molar-refractivity contribution < 1.29 is 28.9 Å². The number of hydrogen-bond acceptors (Lipinski definition) is 6. The van der Waals surface area contributed by atoms with Gasteiger partial charge in [0.05, 0.1) is 37.5 Å². The number of ether oxygens (including phenoxy) is 3. The third-order valence-electron chi connectivity index (χ3n) is 5.60. The number of benzene rings is 2. The molecule has 7 heteroatoms. The lowest BCUT2D eigenvalue weighted by atomic mass is 9.93. The first-order chi connectivity index (χ1) is 15.8. The largest absolute Gasteiger partial charge is 0.507 e. The van der Waals surface area contributed by atoms with E-state index in [1.165, 1.54) is 19.1 Å². The Balaban J connectivity index is 2.22. The standard InChI is InChI=1S/C26H31NO6/c1-6-11-33-19-9-7-8-18(15-19)22-21(24(29)26(30)27(22)10-12-31-4)23(28)20-14-16(2)13-17(3)25(20)32-5/h7-9,13-15,22,28H,6,10-12H2,1-5H3/b23-21+. The number of rotatable bonds is 9. The number of aliphatic hydroxyl groups is 1. The van der Waals surface area contributed by atoms with E-state index in [4.69, 9.17) is 14.2 Å². The summed E-state index contributed by atoms with van der Waals surface area (Å²) in [6.45, 7) is 6.78. The van der Waals surface area contributed by atoms with Crippen molar-refractivity contribution >= 4 is 17.4 Å².